The van der Waals surface area contributed by atoms with Crippen LogP contribution in [0.1, 0.15) is 58.3 Å². The molecule has 0 unspecified atom stereocenters. The molecule has 4 nitrogen and oxygen atoms in total. The second-order valence-electron chi connectivity index (χ2n) is 8.76. The summed E-state index contributed by atoms with van der Waals surface area (Å²) in [6.07, 6.45) is 4.98. The van der Waals surface area contributed by atoms with Crippen LogP contribution in [0.15, 0.2) is 42.5 Å². The van der Waals surface area contributed by atoms with E-state index in [0.717, 1.165) is 57.5 Å². The average molecular weight is 405 g/mol. The molecule has 0 radical (unpaired) electrons. The number of ketones is 1. The highest BCUT2D eigenvalue weighted by Crippen LogP contribution is 2.23. The Kier molecular flexibility index (Phi) is 6.63. The Morgan fingerprint density at radius 1 is 0.833 bits per heavy atom. The highest BCUT2D eigenvalue weighted by atomic mass is 16.2. The summed E-state index contributed by atoms with van der Waals surface area (Å²) in [6.45, 7) is 6.46. The minimum Gasteiger partial charge on any atom is -0.341 e. The fourth-order valence-electron chi connectivity index (χ4n) is 4.60. The first kappa shape index (κ1) is 20.8. The molecular formula is C26H32N2O2. The van der Waals surface area contributed by atoms with Gasteiger partial charge in [-0.15, -0.1) is 0 Å². The fraction of sp³-hybridized carbons (Fsp3) is 0.462. The van der Waals surface area contributed by atoms with Crippen molar-refractivity contribution in [3.05, 3.63) is 70.3 Å². The molecule has 1 fully saturated rings. The molecule has 1 saturated heterocycles. The van der Waals surface area contributed by atoms with Crippen molar-refractivity contribution < 1.29 is 9.59 Å². The molecule has 0 spiro atoms. The summed E-state index contributed by atoms with van der Waals surface area (Å²) in [5.74, 6) is 0.204. The second kappa shape index (κ2) is 9.57. The number of fused-ring (bicyclic) bond motifs is 1. The van der Waals surface area contributed by atoms with Crippen molar-refractivity contribution in [3.63, 3.8) is 0 Å². The minimum absolute atomic E-state index is 0.0915. The molecule has 0 bridgehead atoms. The zero-order valence-corrected chi connectivity index (χ0v) is 18.0. The van der Waals surface area contributed by atoms with Gasteiger partial charge in [0.1, 0.15) is 0 Å². The summed E-state index contributed by atoms with van der Waals surface area (Å²) in [5.41, 5.74) is 6.06. The number of benzene rings is 2. The van der Waals surface area contributed by atoms with Gasteiger partial charge in [-0.2, -0.15) is 0 Å². The molecule has 2 aliphatic rings. The topological polar surface area (TPSA) is 40.6 Å². The van der Waals surface area contributed by atoms with E-state index in [1.807, 2.05) is 17.0 Å². The van der Waals surface area contributed by atoms with Gasteiger partial charge in [0.2, 0.25) is 5.91 Å². The lowest BCUT2D eigenvalue weighted by molar-refractivity contribution is -0.131. The molecule has 4 rings (SSSR count). The molecule has 158 valence electrons. The third-order valence-corrected chi connectivity index (χ3v) is 6.45. The van der Waals surface area contributed by atoms with Crippen LogP contribution < -0.4 is 0 Å². The first-order valence-corrected chi connectivity index (χ1v) is 11.3. The third-order valence-electron chi connectivity index (χ3n) is 6.45. The number of Topliss-reactive ketones (excluding diaryl/α,β-unsaturated/α-hetero) is 1. The maximum atomic E-state index is 12.7. The van der Waals surface area contributed by atoms with Crippen LogP contribution in [0.25, 0.3) is 0 Å². The van der Waals surface area contributed by atoms with Gasteiger partial charge in [0.25, 0.3) is 0 Å². The summed E-state index contributed by atoms with van der Waals surface area (Å²) in [7, 11) is 0. The lowest BCUT2D eigenvalue weighted by atomic mass is 10.0. The molecule has 0 saturated carbocycles. The van der Waals surface area contributed by atoms with Crippen LogP contribution in [0.5, 0.6) is 0 Å². The van der Waals surface area contributed by atoms with E-state index in [1.165, 1.54) is 28.7 Å². The molecule has 0 aromatic heterocycles. The van der Waals surface area contributed by atoms with Gasteiger partial charge in [-0.1, -0.05) is 42.0 Å². The lowest BCUT2D eigenvalue weighted by Gasteiger charge is -2.22. The van der Waals surface area contributed by atoms with Gasteiger partial charge >= 0.3 is 0 Å². The number of carbonyl (C=O) groups is 2. The lowest BCUT2D eigenvalue weighted by Crippen LogP contribution is -2.35. The van der Waals surface area contributed by atoms with E-state index >= 15 is 0 Å². The Labute approximate surface area is 179 Å². The van der Waals surface area contributed by atoms with Gasteiger partial charge in [-0.05, 0) is 55.4 Å². The second-order valence-corrected chi connectivity index (χ2v) is 8.76. The van der Waals surface area contributed by atoms with Crippen LogP contribution in [-0.4, -0.2) is 47.7 Å². The van der Waals surface area contributed by atoms with E-state index in [2.05, 4.69) is 42.2 Å². The SMILES string of the molecule is Cc1ccc(CN2CCCN(C(=O)CCC(=O)c3ccc4c(c3)CCC4)CC2)cc1. The fourth-order valence-corrected chi connectivity index (χ4v) is 4.60. The number of rotatable bonds is 6. The van der Waals surface area contributed by atoms with Gasteiger partial charge in [0.15, 0.2) is 5.78 Å². The molecule has 1 heterocycles. The summed E-state index contributed by atoms with van der Waals surface area (Å²) in [5, 5.41) is 0. The molecule has 1 amide bonds. The van der Waals surface area contributed by atoms with Crippen molar-refractivity contribution in [1.29, 1.82) is 0 Å². The van der Waals surface area contributed by atoms with E-state index in [-0.39, 0.29) is 11.7 Å². The number of hydrogen-bond donors (Lipinski definition) is 0. The molecular weight excluding hydrogens is 372 g/mol. The summed E-state index contributed by atoms with van der Waals surface area (Å²) >= 11 is 0. The van der Waals surface area contributed by atoms with Crippen molar-refractivity contribution in [1.82, 2.24) is 9.80 Å². The van der Waals surface area contributed by atoms with Gasteiger partial charge in [-0.25, -0.2) is 0 Å². The molecule has 4 heteroatoms. The highest BCUT2D eigenvalue weighted by Gasteiger charge is 2.21. The maximum Gasteiger partial charge on any atom is 0.223 e. The predicted octanol–water partition coefficient (Wildman–Crippen LogP) is 4.18. The quantitative estimate of drug-likeness (QED) is 0.678. The molecule has 2 aromatic carbocycles. The van der Waals surface area contributed by atoms with E-state index < -0.39 is 0 Å². The smallest absolute Gasteiger partial charge is 0.223 e. The van der Waals surface area contributed by atoms with Crippen LogP contribution in [0.3, 0.4) is 0 Å². The van der Waals surface area contributed by atoms with Gasteiger partial charge in [-0.3, -0.25) is 14.5 Å². The molecule has 0 N–H and O–H groups in total. The van der Waals surface area contributed by atoms with E-state index in [1.54, 1.807) is 0 Å². The van der Waals surface area contributed by atoms with Crippen molar-refractivity contribution in [3.8, 4) is 0 Å². The Bertz CT molecular complexity index is 904. The Hall–Kier alpha value is -2.46. The zero-order valence-electron chi connectivity index (χ0n) is 18.0. The van der Waals surface area contributed by atoms with Crippen molar-refractivity contribution >= 4 is 11.7 Å². The predicted molar refractivity (Wildman–Crippen MR) is 120 cm³/mol. The summed E-state index contributed by atoms with van der Waals surface area (Å²) in [4.78, 5) is 29.7. The van der Waals surface area contributed by atoms with Gasteiger partial charge in [0, 0.05) is 51.1 Å². The number of carbonyl (C=O) groups excluding carboxylic acids is 2. The van der Waals surface area contributed by atoms with Crippen molar-refractivity contribution in [2.75, 3.05) is 26.2 Å². The van der Waals surface area contributed by atoms with Gasteiger partial charge < -0.3 is 4.90 Å². The summed E-state index contributed by atoms with van der Waals surface area (Å²) < 4.78 is 0. The summed E-state index contributed by atoms with van der Waals surface area (Å²) in [6, 6.07) is 14.8. The molecule has 0 atom stereocenters. The number of nitrogens with zero attached hydrogens (tertiary/aromatic N) is 2. The van der Waals surface area contributed by atoms with E-state index in [0.29, 0.717) is 12.8 Å². The third kappa shape index (κ3) is 5.17. The van der Waals surface area contributed by atoms with Crippen LogP contribution in [-0.2, 0) is 24.2 Å². The normalized spacial score (nSPS) is 16.9. The number of amides is 1. The monoisotopic (exact) mass is 404 g/mol. The maximum absolute atomic E-state index is 12.7. The minimum atomic E-state index is 0.0915. The Balaban J connectivity index is 1.25. The standard InChI is InChI=1S/C26H32N2O2/c1-20-6-8-21(9-7-20)19-27-14-3-15-28(17-16-27)26(30)13-12-25(29)24-11-10-22-4-2-5-23(22)18-24/h6-11,18H,2-5,12-17,19H2,1H3. The zero-order chi connectivity index (χ0) is 20.9. The average Bonchev–Trinajstić information content (AvgIpc) is 3.11. The molecule has 1 aliphatic carbocycles. The van der Waals surface area contributed by atoms with Crippen LogP contribution in [0, 0.1) is 6.92 Å². The van der Waals surface area contributed by atoms with Crippen molar-refractivity contribution in [2.24, 2.45) is 0 Å². The van der Waals surface area contributed by atoms with Crippen molar-refractivity contribution in [2.45, 2.75) is 52.0 Å². The van der Waals surface area contributed by atoms with E-state index in [9.17, 15) is 9.59 Å². The number of hydrogen-bond acceptors (Lipinski definition) is 3. The van der Waals surface area contributed by atoms with Crippen LogP contribution in [0.2, 0.25) is 0 Å². The largest absolute Gasteiger partial charge is 0.341 e. The first-order chi connectivity index (χ1) is 14.6. The Morgan fingerprint density at radius 2 is 1.63 bits per heavy atom. The molecule has 1 aliphatic heterocycles. The Morgan fingerprint density at radius 3 is 2.47 bits per heavy atom. The first-order valence-electron chi connectivity index (χ1n) is 11.3. The number of aryl methyl sites for hydroxylation is 3. The molecule has 2 aromatic rings. The van der Waals surface area contributed by atoms with Gasteiger partial charge in [0.05, 0.1) is 0 Å². The molecule has 30 heavy (non-hydrogen) atoms. The van der Waals surface area contributed by atoms with Crippen LogP contribution in [0.4, 0.5) is 0 Å². The highest BCUT2D eigenvalue weighted by molar-refractivity contribution is 5.98. The van der Waals surface area contributed by atoms with Crippen LogP contribution >= 0.6 is 0 Å². The van der Waals surface area contributed by atoms with E-state index in [4.69, 9.17) is 0 Å².